The van der Waals surface area contributed by atoms with E-state index in [1.165, 1.54) is 11.3 Å². The van der Waals surface area contributed by atoms with Crippen LogP contribution in [0, 0.1) is 6.92 Å². The Morgan fingerprint density at radius 1 is 1.69 bits per heavy atom. The minimum Gasteiger partial charge on any atom is -0.478 e. The van der Waals surface area contributed by atoms with Gasteiger partial charge in [0.25, 0.3) is 0 Å². The van der Waals surface area contributed by atoms with Crippen LogP contribution >= 0.6 is 22.9 Å². The van der Waals surface area contributed by atoms with E-state index in [9.17, 15) is 4.79 Å². The first kappa shape index (κ1) is 10.2. The van der Waals surface area contributed by atoms with Crippen molar-refractivity contribution in [2.45, 2.75) is 6.92 Å². The molecule has 0 bridgehead atoms. The summed E-state index contributed by atoms with van der Waals surface area (Å²) in [7, 11) is 1.57. The molecule has 0 atom stereocenters. The molecular weight excluding hydrogens is 210 g/mol. The highest BCUT2D eigenvalue weighted by atomic mass is 35.5. The molecule has 0 aromatic carbocycles. The Morgan fingerprint density at radius 2 is 2.31 bits per heavy atom. The highest BCUT2D eigenvalue weighted by Crippen LogP contribution is 2.23. The van der Waals surface area contributed by atoms with Crippen LogP contribution in [0.5, 0.6) is 0 Å². The third-order valence-corrected chi connectivity index (χ3v) is 3.21. The molecule has 0 saturated heterocycles. The molecule has 1 aromatic rings. The van der Waals surface area contributed by atoms with E-state index in [1.807, 2.05) is 0 Å². The first-order chi connectivity index (χ1) is 6.07. The fourth-order valence-corrected chi connectivity index (χ4v) is 2.20. The molecule has 0 aliphatic carbocycles. The van der Waals surface area contributed by atoms with Crippen molar-refractivity contribution in [1.29, 1.82) is 0 Å². The lowest BCUT2D eigenvalue weighted by molar-refractivity contribution is 0.0697. The number of nitrogens with zero attached hydrogens (tertiary/aromatic N) is 1. The molecule has 5 heteroatoms. The van der Waals surface area contributed by atoms with Crippen molar-refractivity contribution in [3.8, 4) is 0 Å². The maximum absolute atomic E-state index is 10.7. The van der Waals surface area contributed by atoms with Gasteiger partial charge in [-0.2, -0.15) is 0 Å². The smallest absolute Gasteiger partial charge is 0.336 e. The Kier molecular flexibility index (Phi) is 3.06. The molecule has 0 amide bonds. The summed E-state index contributed by atoms with van der Waals surface area (Å²) in [6.07, 6.45) is 0. The predicted octanol–water partition coefficient (Wildman–Crippen LogP) is 2.37. The number of carbonyl (C=O) groups is 1. The molecule has 70 valence electrons. The van der Waals surface area contributed by atoms with Crippen molar-refractivity contribution in [2.75, 3.05) is 7.05 Å². The molecule has 13 heavy (non-hydrogen) atoms. The van der Waals surface area contributed by atoms with E-state index in [0.29, 0.717) is 16.3 Å². The Morgan fingerprint density at radius 3 is 2.69 bits per heavy atom. The van der Waals surface area contributed by atoms with Crippen molar-refractivity contribution in [3.63, 3.8) is 0 Å². The van der Waals surface area contributed by atoms with Gasteiger partial charge in [0.05, 0.1) is 10.4 Å². The SMILES string of the molecule is CN=C(Cl)c1scc(C(=O)O)c1C. The second-order valence-electron chi connectivity index (χ2n) is 2.42. The van der Waals surface area contributed by atoms with E-state index >= 15 is 0 Å². The van der Waals surface area contributed by atoms with E-state index in [2.05, 4.69) is 4.99 Å². The Bertz CT molecular complexity index is 370. The van der Waals surface area contributed by atoms with Crippen LogP contribution in [0.4, 0.5) is 0 Å². The summed E-state index contributed by atoms with van der Waals surface area (Å²) in [6, 6.07) is 0. The minimum absolute atomic E-state index is 0.293. The monoisotopic (exact) mass is 217 g/mol. The summed E-state index contributed by atoms with van der Waals surface area (Å²) < 4.78 is 0. The normalized spacial score (nSPS) is 11.8. The van der Waals surface area contributed by atoms with Crippen LogP contribution in [0.25, 0.3) is 0 Å². The Labute approximate surface area is 84.7 Å². The molecule has 0 aliphatic rings. The highest BCUT2D eigenvalue weighted by Gasteiger charge is 2.15. The minimum atomic E-state index is -0.930. The number of hydrogen-bond donors (Lipinski definition) is 1. The van der Waals surface area contributed by atoms with Crippen molar-refractivity contribution in [2.24, 2.45) is 4.99 Å². The van der Waals surface area contributed by atoms with Crippen molar-refractivity contribution in [3.05, 3.63) is 21.4 Å². The fraction of sp³-hybridized carbons (Fsp3) is 0.250. The molecule has 1 aromatic heterocycles. The van der Waals surface area contributed by atoms with Gasteiger partial charge < -0.3 is 5.11 Å². The van der Waals surface area contributed by atoms with Gasteiger partial charge in [0.15, 0.2) is 0 Å². The zero-order valence-electron chi connectivity index (χ0n) is 7.17. The zero-order valence-corrected chi connectivity index (χ0v) is 8.74. The first-order valence-corrected chi connectivity index (χ1v) is 4.77. The van der Waals surface area contributed by atoms with Crippen molar-refractivity contribution >= 4 is 34.1 Å². The topological polar surface area (TPSA) is 49.7 Å². The highest BCUT2D eigenvalue weighted by molar-refractivity contribution is 7.14. The lowest BCUT2D eigenvalue weighted by Crippen LogP contribution is -1.98. The second-order valence-corrected chi connectivity index (χ2v) is 3.66. The molecule has 0 aliphatic heterocycles. The maximum atomic E-state index is 10.7. The lowest BCUT2D eigenvalue weighted by Gasteiger charge is -1.95. The van der Waals surface area contributed by atoms with Gasteiger partial charge >= 0.3 is 5.97 Å². The maximum Gasteiger partial charge on any atom is 0.336 e. The molecular formula is C8H8ClNO2S. The van der Waals surface area contributed by atoms with Crippen LogP contribution in [0.2, 0.25) is 0 Å². The number of rotatable bonds is 2. The Balaban J connectivity index is 3.21. The van der Waals surface area contributed by atoms with Gasteiger partial charge in [0.2, 0.25) is 0 Å². The van der Waals surface area contributed by atoms with Crippen molar-refractivity contribution in [1.82, 2.24) is 0 Å². The van der Waals surface area contributed by atoms with Gasteiger partial charge in [-0.1, -0.05) is 11.6 Å². The average molecular weight is 218 g/mol. The Hall–Kier alpha value is -0.870. The number of carboxylic acids is 1. The van der Waals surface area contributed by atoms with E-state index in [1.54, 1.807) is 19.4 Å². The summed E-state index contributed by atoms with van der Waals surface area (Å²) in [6.45, 7) is 1.73. The van der Waals surface area contributed by atoms with Gasteiger partial charge in [-0.05, 0) is 12.5 Å². The van der Waals surface area contributed by atoms with Crippen LogP contribution in [0.15, 0.2) is 10.4 Å². The summed E-state index contributed by atoms with van der Waals surface area (Å²) in [4.78, 5) is 15.2. The third kappa shape index (κ3) is 1.89. The van der Waals surface area contributed by atoms with E-state index in [-0.39, 0.29) is 0 Å². The van der Waals surface area contributed by atoms with Gasteiger partial charge in [0.1, 0.15) is 5.17 Å². The molecule has 1 heterocycles. The molecule has 0 saturated carbocycles. The largest absolute Gasteiger partial charge is 0.478 e. The van der Waals surface area contributed by atoms with Crippen LogP contribution in [0.1, 0.15) is 20.8 Å². The molecule has 0 spiro atoms. The van der Waals surface area contributed by atoms with Gasteiger partial charge in [-0.15, -0.1) is 11.3 Å². The summed E-state index contributed by atoms with van der Waals surface area (Å²) in [5.41, 5.74) is 0.968. The number of halogens is 1. The average Bonchev–Trinajstić information content (AvgIpc) is 2.46. The molecule has 0 unspecified atom stereocenters. The third-order valence-electron chi connectivity index (χ3n) is 1.65. The lowest BCUT2D eigenvalue weighted by atomic mass is 10.2. The van der Waals surface area contributed by atoms with Crippen molar-refractivity contribution < 1.29 is 9.90 Å². The van der Waals surface area contributed by atoms with E-state index in [4.69, 9.17) is 16.7 Å². The number of aliphatic imine (C=N–C) groups is 1. The zero-order chi connectivity index (χ0) is 10.0. The fourth-order valence-electron chi connectivity index (χ4n) is 0.933. The number of carboxylic acid groups (broad SMARTS) is 1. The first-order valence-electron chi connectivity index (χ1n) is 3.52. The molecule has 1 rings (SSSR count). The summed E-state index contributed by atoms with van der Waals surface area (Å²) in [5, 5.41) is 10.7. The van der Waals surface area contributed by atoms with E-state index in [0.717, 1.165) is 4.88 Å². The van der Waals surface area contributed by atoms with Gasteiger partial charge in [-0.3, -0.25) is 4.99 Å². The number of thiophene rings is 1. The van der Waals surface area contributed by atoms with Crippen LogP contribution in [-0.4, -0.2) is 23.3 Å². The van der Waals surface area contributed by atoms with Gasteiger partial charge in [0, 0.05) is 12.4 Å². The molecule has 3 nitrogen and oxygen atoms in total. The number of aromatic carboxylic acids is 1. The van der Waals surface area contributed by atoms with Crippen LogP contribution in [0.3, 0.4) is 0 Å². The number of hydrogen-bond acceptors (Lipinski definition) is 3. The summed E-state index contributed by atoms with van der Waals surface area (Å²) >= 11 is 7.08. The van der Waals surface area contributed by atoms with E-state index < -0.39 is 5.97 Å². The molecule has 0 fully saturated rings. The van der Waals surface area contributed by atoms with Gasteiger partial charge in [-0.25, -0.2) is 4.79 Å². The summed E-state index contributed by atoms with van der Waals surface area (Å²) in [5.74, 6) is -0.930. The second kappa shape index (κ2) is 3.89. The quantitative estimate of drug-likeness (QED) is 0.774. The van der Waals surface area contributed by atoms with Crippen LogP contribution < -0.4 is 0 Å². The molecule has 0 radical (unpaired) electrons. The predicted molar refractivity (Wildman–Crippen MR) is 54.3 cm³/mol. The molecule has 1 N–H and O–H groups in total. The van der Waals surface area contributed by atoms with Crippen LogP contribution in [-0.2, 0) is 0 Å². The standard InChI is InChI=1S/C8H8ClNO2S/c1-4-5(8(11)12)3-13-6(4)7(9)10-2/h3H,1-2H3,(H,11,12).